The van der Waals surface area contributed by atoms with Crippen molar-refractivity contribution in [3.05, 3.63) is 92.9 Å². The van der Waals surface area contributed by atoms with Gasteiger partial charge in [0.15, 0.2) is 5.76 Å². The first-order valence-electron chi connectivity index (χ1n) is 8.58. The van der Waals surface area contributed by atoms with Crippen LogP contribution in [-0.2, 0) is 6.61 Å². The molecule has 1 aromatic heterocycles. The van der Waals surface area contributed by atoms with Crippen LogP contribution in [0.5, 0.6) is 11.5 Å². The molecule has 2 aromatic carbocycles. The number of nitrogens with zero attached hydrogens (tertiary/aromatic N) is 1. The molecule has 0 fully saturated rings. The van der Waals surface area contributed by atoms with Gasteiger partial charge in [-0.15, -0.1) is 0 Å². The number of carbonyl (C=O) groups excluding carboxylic acids is 1. The molecule has 0 atom stereocenters. The number of carbonyl (C=O) groups is 1. The minimum Gasteiger partial charge on any atom is -0.488 e. The highest BCUT2D eigenvalue weighted by Crippen LogP contribution is 2.39. The number of aromatic nitrogens is 1. The van der Waals surface area contributed by atoms with Crippen molar-refractivity contribution < 1.29 is 14.3 Å². The lowest BCUT2D eigenvalue weighted by molar-refractivity contribution is 0.101. The normalized spacial score (nSPS) is 14.1. The van der Waals surface area contributed by atoms with Crippen molar-refractivity contribution >= 4 is 35.1 Å². The van der Waals surface area contributed by atoms with Gasteiger partial charge in [0.05, 0.1) is 5.56 Å². The van der Waals surface area contributed by atoms with E-state index < -0.39 is 0 Å². The number of Topliss-reactive ketones (excluding diaryl/α,β-unsaturated/α-hetero) is 1. The fraction of sp³-hybridized carbons (Fsp3) is 0.0909. The highest BCUT2D eigenvalue weighted by atomic mass is 35.5. The maximum Gasteiger partial charge on any atom is 0.231 e. The van der Waals surface area contributed by atoms with E-state index in [0.29, 0.717) is 32.7 Å². The van der Waals surface area contributed by atoms with Gasteiger partial charge >= 0.3 is 0 Å². The summed E-state index contributed by atoms with van der Waals surface area (Å²) in [5, 5.41) is 1.08. The number of fused-ring (bicyclic) bond motifs is 1. The van der Waals surface area contributed by atoms with Gasteiger partial charge in [0.2, 0.25) is 5.78 Å². The molecule has 0 N–H and O–H groups in total. The van der Waals surface area contributed by atoms with Crippen LogP contribution in [0.15, 0.2) is 60.6 Å². The third kappa shape index (κ3) is 3.49. The maximum absolute atomic E-state index is 12.6. The van der Waals surface area contributed by atoms with E-state index in [9.17, 15) is 4.79 Å². The van der Waals surface area contributed by atoms with Crippen molar-refractivity contribution in [3.8, 4) is 11.5 Å². The molecule has 6 heteroatoms. The molecule has 4 rings (SSSR count). The molecule has 3 aromatic rings. The molecule has 0 radical (unpaired) electrons. The van der Waals surface area contributed by atoms with Gasteiger partial charge in [-0.2, -0.15) is 0 Å². The average molecular weight is 412 g/mol. The fourth-order valence-electron chi connectivity index (χ4n) is 2.96. The van der Waals surface area contributed by atoms with Crippen molar-refractivity contribution in [1.82, 2.24) is 4.98 Å². The molecule has 1 aliphatic rings. The van der Waals surface area contributed by atoms with Crippen LogP contribution in [0.1, 0.15) is 27.0 Å². The Labute approximate surface area is 172 Å². The van der Waals surface area contributed by atoms with E-state index >= 15 is 0 Å². The number of allylic oxidation sites excluding steroid dienone is 1. The molecule has 0 saturated heterocycles. The summed E-state index contributed by atoms with van der Waals surface area (Å²) in [6.45, 7) is 2.07. The average Bonchev–Trinajstić information content (AvgIpc) is 3.00. The van der Waals surface area contributed by atoms with Gasteiger partial charge in [-0.25, -0.2) is 0 Å². The first kappa shape index (κ1) is 18.5. The predicted molar refractivity (Wildman–Crippen MR) is 109 cm³/mol. The summed E-state index contributed by atoms with van der Waals surface area (Å²) in [6, 6.07) is 12.4. The molecular weight excluding hydrogens is 397 g/mol. The Kier molecular flexibility index (Phi) is 5.07. The number of halogens is 2. The molecule has 140 valence electrons. The molecule has 0 unspecified atom stereocenters. The van der Waals surface area contributed by atoms with Crippen molar-refractivity contribution in [2.24, 2.45) is 0 Å². The summed E-state index contributed by atoms with van der Waals surface area (Å²) in [5.41, 5.74) is 2.81. The number of rotatable bonds is 4. The van der Waals surface area contributed by atoms with Crippen LogP contribution < -0.4 is 9.47 Å². The van der Waals surface area contributed by atoms with Crippen LogP contribution in [0.4, 0.5) is 0 Å². The van der Waals surface area contributed by atoms with E-state index in [-0.39, 0.29) is 18.1 Å². The molecule has 0 aliphatic carbocycles. The van der Waals surface area contributed by atoms with E-state index in [1.165, 1.54) is 0 Å². The van der Waals surface area contributed by atoms with E-state index in [2.05, 4.69) is 4.98 Å². The molecule has 0 saturated carbocycles. The monoisotopic (exact) mass is 411 g/mol. The summed E-state index contributed by atoms with van der Waals surface area (Å²) in [5.74, 6) is 1.23. The Balaban J connectivity index is 1.60. The Morgan fingerprint density at radius 1 is 1.07 bits per heavy atom. The van der Waals surface area contributed by atoms with E-state index in [0.717, 1.165) is 11.1 Å². The lowest BCUT2D eigenvalue weighted by Crippen LogP contribution is -2.00. The molecule has 28 heavy (non-hydrogen) atoms. The Morgan fingerprint density at radius 3 is 2.50 bits per heavy atom. The van der Waals surface area contributed by atoms with Gasteiger partial charge in [-0.05, 0) is 55.0 Å². The van der Waals surface area contributed by atoms with Crippen LogP contribution in [0, 0.1) is 6.92 Å². The topological polar surface area (TPSA) is 48.4 Å². The van der Waals surface area contributed by atoms with Gasteiger partial charge < -0.3 is 9.47 Å². The zero-order valence-electron chi connectivity index (χ0n) is 14.9. The van der Waals surface area contributed by atoms with Crippen LogP contribution in [0.3, 0.4) is 0 Å². The van der Waals surface area contributed by atoms with Gasteiger partial charge in [-0.3, -0.25) is 9.78 Å². The molecule has 2 heterocycles. The van der Waals surface area contributed by atoms with Gasteiger partial charge in [0.25, 0.3) is 0 Å². The smallest absolute Gasteiger partial charge is 0.231 e. The second-order valence-corrected chi connectivity index (χ2v) is 7.09. The minimum atomic E-state index is -0.157. The van der Waals surface area contributed by atoms with Gasteiger partial charge in [0.1, 0.15) is 18.1 Å². The maximum atomic E-state index is 12.6. The van der Waals surface area contributed by atoms with Crippen LogP contribution >= 0.6 is 23.2 Å². The van der Waals surface area contributed by atoms with Crippen molar-refractivity contribution in [2.45, 2.75) is 13.5 Å². The Morgan fingerprint density at radius 2 is 1.79 bits per heavy atom. The molecule has 0 bridgehead atoms. The zero-order valence-corrected chi connectivity index (χ0v) is 16.4. The largest absolute Gasteiger partial charge is 0.488 e. The predicted octanol–water partition coefficient (Wildman–Crippen LogP) is 5.89. The highest BCUT2D eigenvalue weighted by molar-refractivity contribution is 6.35. The molecule has 4 nitrogen and oxygen atoms in total. The minimum absolute atomic E-state index is 0.157. The summed E-state index contributed by atoms with van der Waals surface area (Å²) in [4.78, 5) is 16.6. The Bertz CT molecular complexity index is 1070. The lowest BCUT2D eigenvalue weighted by atomic mass is 10.1. The summed E-state index contributed by atoms with van der Waals surface area (Å²) >= 11 is 12.4. The highest BCUT2D eigenvalue weighted by Gasteiger charge is 2.30. The third-order valence-corrected chi connectivity index (χ3v) is 5.18. The van der Waals surface area contributed by atoms with E-state index in [1.54, 1.807) is 60.9 Å². The van der Waals surface area contributed by atoms with Crippen molar-refractivity contribution in [2.75, 3.05) is 0 Å². The summed E-state index contributed by atoms with van der Waals surface area (Å²) in [6.07, 6.45) is 5.03. The number of pyridine rings is 1. The van der Waals surface area contributed by atoms with Gasteiger partial charge in [0, 0.05) is 33.6 Å². The molecule has 0 amide bonds. The van der Waals surface area contributed by atoms with E-state index in [1.807, 2.05) is 6.92 Å². The third-order valence-electron chi connectivity index (χ3n) is 4.47. The molecular formula is C22H15Cl2NO3. The number of benzene rings is 2. The number of ketones is 1. The van der Waals surface area contributed by atoms with E-state index in [4.69, 9.17) is 32.7 Å². The van der Waals surface area contributed by atoms with Gasteiger partial charge in [-0.1, -0.05) is 29.3 Å². The van der Waals surface area contributed by atoms with Crippen molar-refractivity contribution in [1.29, 1.82) is 0 Å². The van der Waals surface area contributed by atoms with Crippen LogP contribution in [-0.4, -0.2) is 10.8 Å². The van der Waals surface area contributed by atoms with Crippen LogP contribution in [0.25, 0.3) is 6.08 Å². The lowest BCUT2D eigenvalue weighted by Gasteiger charge is -2.13. The molecule has 0 spiro atoms. The molecule has 1 aliphatic heterocycles. The fourth-order valence-corrected chi connectivity index (χ4v) is 3.46. The van der Waals surface area contributed by atoms with Crippen molar-refractivity contribution in [3.63, 3.8) is 0 Å². The number of hydrogen-bond acceptors (Lipinski definition) is 4. The second kappa shape index (κ2) is 7.66. The quantitative estimate of drug-likeness (QED) is 0.502. The first-order valence-corrected chi connectivity index (χ1v) is 9.34. The van der Waals surface area contributed by atoms with Crippen LogP contribution in [0.2, 0.25) is 10.0 Å². The first-order chi connectivity index (χ1) is 13.5. The number of hydrogen-bond donors (Lipinski definition) is 0. The summed E-state index contributed by atoms with van der Waals surface area (Å²) in [7, 11) is 0. The SMILES string of the molecule is Cc1c(OCc2c(Cl)cccc2Cl)ccc2c1O/C(=C\c1ccncc1)C2=O. The standard InChI is InChI=1S/C22H15Cl2NO3/c1-13-19(27-12-16-17(23)3-2-4-18(16)24)6-5-15-21(26)20(28-22(13)15)11-14-7-9-25-10-8-14/h2-11H,12H2,1H3/b20-11-. The second-order valence-electron chi connectivity index (χ2n) is 6.27. The zero-order chi connectivity index (χ0) is 19.7. The Hall–Kier alpha value is -2.82. The summed E-state index contributed by atoms with van der Waals surface area (Å²) < 4.78 is 11.8. The number of ether oxygens (including phenoxy) is 2.